The Bertz CT molecular complexity index is 967. The van der Waals surface area contributed by atoms with Crippen LogP contribution in [0.1, 0.15) is 76.6 Å². The quantitative estimate of drug-likeness (QED) is 0.540. The van der Waals surface area contributed by atoms with Gasteiger partial charge >= 0.3 is 0 Å². The summed E-state index contributed by atoms with van der Waals surface area (Å²) in [5, 5.41) is 26.0. The van der Waals surface area contributed by atoms with Crippen molar-refractivity contribution in [3.8, 4) is 0 Å². The molecule has 3 rings (SSSR count). The van der Waals surface area contributed by atoms with Crippen molar-refractivity contribution < 1.29 is 18.7 Å². The van der Waals surface area contributed by atoms with E-state index < -0.39 is 29.3 Å². The topological polar surface area (TPSA) is 87.1 Å². The second kappa shape index (κ2) is 10.9. The van der Waals surface area contributed by atoms with Gasteiger partial charge in [-0.15, -0.1) is 0 Å². The molecule has 1 saturated carbocycles. The summed E-state index contributed by atoms with van der Waals surface area (Å²) in [6, 6.07) is 4.62. The lowest BCUT2D eigenvalue weighted by Crippen LogP contribution is -2.53. The minimum Gasteiger partial charge on any atom is -0.390 e. The van der Waals surface area contributed by atoms with E-state index in [2.05, 4.69) is 47.7 Å². The first kappa shape index (κ1) is 26.2. The minimum atomic E-state index is -0.979. The number of benzene rings is 1. The van der Waals surface area contributed by atoms with Crippen LogP contribution in [0.15, 0.2) is 30.5 Å². The Labute approximate surface area is 200 Å². The lowest BCUT2D eigenvalue weighted by molar-refractivity contribution is -0.120. The highest BCUT2D eigenvalue weighted by Gasteiger charge is 2.37. The Morgan fingerprint density at radius 2 is 1.76 bits per heavy atom. The fraction of sp³-hybridized carbons (Fsp3) is 0.577. The highest BCUT2D eigenvalue weighted by molar-refractivity contribution is 5.73. The lowest BCUT2D eigenvalue weighted by Gasteiger charge is -2.39. The van der Waals surface area contributed by atoms with E-state index in [-0.39, 0.29) is 24.3 Å². The summed E-state index contributed by atoms with van der Waals surface area (Å²) in [5.41, 5.74) is 1.81. The molecule has 186 valence electrons. The van der Waals surface area contributed by atoms with Gasteiger partial charge in [-0.05, 0) is 54.0 Å². The van der Waals surface area contributed by atoms with Crippen LogP contribution in [0.5, 0.6) is 0 Å². The van der Waals surface area contributed by atoms with Gasteiger partial charge in [0.05, 0.1) is 29.6 Å². The van der Waals surface area contributed by atoms with Crippen molar-refractivity contribution in [1.82, 2.24) is 20.8 Å². The number of carbonyl (C=O) groups excluding carboxylic acids is 1. The lowest BCUT2D eigenvalue weighted by atomic mass is 9.77. The maximum atomic E-state index is 13.7. The van der Waals surface area contributed by atoms with Crippen molar-refractivity contribution in [1.29, 1.82) is 0 Å². The summed E-state index contributed by atoms with van der Waals surface area (Å²) in [5.74, 6) is -1.71. The number of rotatable bonds is 8. The van der Waals surface area contributed by atoms with E-state index >= 15 is 0 Å². The van der Waals surface area contributed by atoms with Crippen LogP contribution in [0.4, 0.5) is 8.78 Å². The predicted molar refractivity (Wildman–Crippen MR) is 127 cm³/mol. The molecule has 0 saturated heterocycles. The average molecular weight is 475 g/mol. The Morgan fingerprint density at radius 3 is 2.35 bits per heavy atom. The SMILES string of the molecule is CC(=O)NC(Cc1cc(F)cc(F)c1)C(O)CNC1(c2cc(C(C)(C)C)cnn2)CCCCC1. The smallest absolute Gasteiger partial charge is 0.217 e. The molecule has 3 N–H and O–H groups in total. The molecule has 0 aliphatic heterocycles. The molecule has 0 bridgehead atoms. The Morgan fingerprint density at radius 1 is 1.12 bits per heavy atom. The van der Waals surface area contributed by atoms with E-state index in [0.717, 1.165) is 49.4 Å². The number of nitrogens with one attached hydrogen (secondary N) is 2. The summed E-state index contributed by atoms with van der Waals surface area (Å²) in [6.45, 7) is 7.93. The summed E-state index contributed by atoms with van der Waals surface area (Å²) in [6.07, 6.45) is 5.84. The van der Waals surface area contributed by atoms with Crippen LogP contribution in [-0.4, -0.2) is 39.9 Å². The number of aliphatic hydroxyl groups excluding tert-OH is 1. The fourth-order valence-electron chi connectivity index (χ4n) is 4.66. The zero-order valence-electron chi connectivity index (χ0n) is 20.5. The van der Waals surface area contributed by atoms with Crippen molar-refractivity contribution in [2.45, 2.75) is 89.3 Å². The van der Waals surface area contributed by atoms with E-state index in [9.17, 15) is 18.7 Å². The number of hydrogen-bond donors (Lipinski definition) is 3. The third kappa shape index (κ3) is 6.79. The summed E-state index contributed by atoms with van der Waals surface area (Å²) >= 11 is 0. The van der Waals surface area contributed by atoms with Gasteiger partial charge in [-0.3, -0.25) is 4.79 Å². The largest absolute Gasteiger partial charge is 0.390 e. The van der Waals surface area contributed by atoms with Crippen LogP contribution in [0.25, 0.3) is 0 Å². The normalized spacial score (nSPS) is 17.7. The highest BCUT2D eigenvalue weighted by atomic mass is 19.1. The fourth-order valence-corrected chi connectivity index (χ4v) is 4.66. The van der Waals surface area contributed by atoms with Gasteiger partial charge in [0.2, 0.25) is 5.91 Å². The summed E-state index contributed by atoms with van der Waals surface area (Å²) in [7, 11) is 0. The van der Waals surface area contributed by atoms with E-state index in [4.69, 9.17) is 0 Å². The number of carbonyl (C=O) groups is 1. The number of aliphatic hydroxyl groups is 1. The molecule has 2 unspecified atom stereocenters. The van der Waals surface area contributed by atoms with Crippen LogP contribution in [0.2, 0.25) is 0 Å². The predicted octanol–water partition coefficient (Wildman–Crippen LogP) is 3.91. The monoisotopic (exact) mass is 474 g/mol. The second-order valence-electron chi connectivity index (χ2n) is 10.5. The molecule has 0 radical (unpaired) electrons. The molecule has 1 aliphatic carbocycles. The molecule has 1 aromatic heterocycles. The summed E-state index contributed by atoms with van der Waals surface area (Å²) < 4.78 is 27.3. The van der Waals surface area contributed by atoms with Gasteiger partial charge in [0.15, 0.2) is 0 Å². The first-order valence-corrected chi connectivity index (χ1v) is 12.0. The van der Waals surface area contributed by atoms with Gasteiger partial charge in [0.1, 0.15) is 11.6 Å². The maximum absolute atomic E-state index is 13.7. The first-order valence-electron chi connectivity index (χ1n) is 12.0. The van der Waals surface area contributed by atoms with Gasteiger partial charge < -0.3 is 15.7 Å². The molecule has 1 aromatic carbocycles. The van der Waals surface area contributed by atoms with Crippen LogP contribution < -0.4 is 10.6 Å². The molecule has 1 heterocycles. The van der Waals surface area contributed by atoms with Crippen molar-refractivity contribution >= 4 is 5.91 Å². The van der Waals surface area contributed by atoms with Gasteiger partial charge in [0.25, 0.3) is 0 Å². The van der Waals surface area contributed by atoms with E-state index in [1.54, 1.807) is 6.20 Å². The van der Waals surface area contributed by atoms with Crippen LogP contribution in [-0.2, 0) is 22.2 Å². The zero-order valence-corrected chi connectivity index (χ0v) is 20.5. The van der Waals surface area contributed by atoms with Gasteiger partial charge in [-0.25, -0.2) is 8.78 Å². The van der Waals surface area contributed by atoms with Crippen LogP contribution in [0.3, 0.4) is 0 Å². The molecule has 1 aliphatic rings. The average Bonchev–Trinajstić information content (AvgIpc) is 2.76. The van der Waals surface area contributed by atoms with Gasteiger partial charge in [-0.1, -0.05) is 40.0 Å². The molecule has 0 spiro atoms. The van der Waals surface area contributed by atoms with Gasteiger partial charge in [-0.2, -0.15) is 10.2 Å². The van der Waals surface area contributed by atoms with E-state index in [1.807, 2.05) is 0 Å². The number of nitrogens with zero attached hydrogens (tertiary/aromatic N) is 2. The molecular formula is C26H36F2N4O2. The number of halogens is 2. The molecule has 34 heavy (non-hydrogen) atoms. The Hall–Kier alpha value is -2.45. The molecular weight excluding hydrogens is 438 g/mol. The molecule has 2 aromatic rings. The standard InChI is InChI=1S/C26H36F2N4O2/c1-17(33)31-22(12-18-10-20(27)14-21(28)11-18)23(34)16-29-26(8-6-5-7-9-26)24-13-19(15-30-32-24)25(2,3)4/h10-11,13-15,22-23,29,34H,5-9,12,16H2,1-4H3,(H,31,33). The summed E-state index contributed by atoms with van der Waals surface area (Å²) in [4.78, 5) is 11.8. The Kier molecular flexibility index (Phi) is 8.36. The molecule has 1 amide bonds. The second-order valence-corrected chi connectivity index (χ2v) is 10.5. The molecule has 6 nitrogen and oxygen atoms in total. The van der Waals surface area contributed by atoms with Crippen molar-refractivity contribution in [2.75, 3.05) is 6.54 Å². The third-order valence-corrected chi connectivity index (χ3v) is 6.60. The molecule has 1 fully saturated rings. The Balaban J connectivity index is 1.80. The van der Waals surface area contributed by atoms with Gasteiger partial charge in [0, 0.05) is 19.5 Å². The van der Waals surface area contributed by atoms with Crippen LogP contribution in [0, 0.1) is 11.6 Å². The third-order valence-electron chi connectivity index (χ3n) is 6.60. The minimum absolute atomic E-state index is 0.0726. The van der Waals surface area contributed by atoms with Crippen molar-refractivity contribution in [3.05, 3.63) is 58.9 Å². The number of amides is 1. The number of hydrogen-bond acceptors (Lipinski definition) is 5. The van der Waals surface area contributed by atoms with Crippen LogP contribution >= 0.6 is 0 Å². The highest BCUT2D eigenvalue weighted by Crippen LogP contribution is 2.37. The maximum Gasteiger partial charge on any atom is 0.217 e. The number of aromatic nitrogens is 2. The van der Waals surface area contributed by atoms with E-state index in [0.29, 0.717) is 5.56 Å². The first-order chi connectivity index (χ1) is 16.0. The van der Waals surface area contributed by atoms with Crippen molar-refractivity contribution in [3.63, 3.8) is 0 Å². The zero-order chi connectivity index (χ0) is 24.9. The van der Waals surface area contributed by atoms with Crippen molar-refractivity contribution in [2.24, 2.45) is 0 Å². The molecule has 2 atom stereocenters. The van der Waals surface area contributed by atoms with E-state index in [1.165, 1.54) is 19.1 Å². The molecule has 8 heteroatoms.